The lowest BCUT2D eigenvalue weighted by molar-refractivity contribution is -0.123. The van der Waals surface area contributed by atoms with E-state index in [-0.39, 0.29) is 24.1 Å². The van der Waals surface area contributed by atoms with Crippen LogP contribution in [0.4, 0.5) is 0 Å². The zero-order chi connectivity index (χ0) is 13.9. The number of hydrogen-bond acceptors (Lipinski definition) is 4. The number of hydrogen-bond donors (Lipinski definition) is 2. The number of nitrogens with one attached hydrogen (secondary N) is 2. The first-order valence-electron chi connectivity index (χ1n) is 7.06. The summed E-state index contributed by atoms with van der Waals surface area (Å²) in [5, 5.41) is 6.33. The lowest BCUT2D eigenvalue weighted by Crippen LogP contribution is -2.43. The van der Waals surface area contributed by atoms with Gasteiger partial charge in [-0.05, 0) is 12.5 Å². The molecule has 1 aromatic rings. The van der Waals surface area contributed by atoms with Crippen molar-refractivity contribution in [3.05, 3.63) is 29.8 Å². The standard InChI is InChI=1S/C15H20N2O3/c1-19-10-8-13(16-9-10)15(18)17-12-6-7-20-14-5-3-2-4-11(12)14/h2-5,10,12-13,16H,6-9H2,1H3,(H,17,18). The highest BCUT2D eigenvalue weighted by Gasteiger charge is 2.31. The fourth-order valence-corrected chi connectivity index (χ4v) is 2.85. The molecule has 0 radical (unpaired) electrons. The smallest absolute Gasteiger partial charge is 0.237 e. The van der Waals surface area contributed by atoms with Gasteiger partial charge in [0.05, 0.1) is 24.8 Å². The first-order valence-corrected chi connectivity index (χ1v) is 7.06. The van der Waals surface area contributed by atoms with Crippen LogP contribution in [0.1, 0.15) is 24.4 Å². The minimum atomic E-state index is -0.157. The van der Waals surface area contributed by atoms with Crippen LogP contribution in [-0.2, 0) is 9.53 Å². The Balaban J connectivity index is 1.65. The summed E-state index contributed by atoms with van der Waals surface area (Å²) in [6.07, 6.45) is 1.67. The van der Waals surface area contributed by atoms with Gasteiger partial charge in [-0.15, -0.1) is 0 Å². The van der Waals surface area contributed by atoms with Crippen molar-refractivity contribution in [3.8, 4) is 5.75 Å². The van der Waals surface area contributed by atoms with Gasteiger partial charge in [0.1, 0.15) is 5.75 Å². The quantitative estimate of drug-likeness (QED) is 0.865. The highest BCUT2D eigenvalue weighted by atomic mass is 16.5. The third kappa shape index (κ3) is 2.64. The van der Waals surface area contributed by atoms with Gasteiger partial charge in [0.25, 0.3) is 0 Å². The molecule has 3 atom stereocenters. The van der Waals surface area contributed by atoms with Gasteiger partial charge in [0.2, 0.25) is 5.91 Å². The van der Waals surface area contributed by atoms with Gasteiger partial charge < -0.3 is 20.1 Å². The second kappa shape index (κ2) is 5.81. The molecule has 108 valence electrons. The van der Waals surface area contributed by atoms with Crippen LogP contribution in [0.2, 0.25) is 0 Å². The molecule has 1 amide bonds. The summed E-state index contributed by atoms with van der Waals surface area (Å²) in [5.41, 5.74) is 1.06. The van der Waals surface area contributed by atoms with Crippen LogP contribution >= 0.6 is 0 Å². The van der Waals surface area contributed by atoms with E-state index in [1.807, 2.05) is 24.3 Å². The molecule has 1 saturated heterocycles. The number of para-hydroxylation sites is 1. The number of carbonyl (C=O) groups excluding carboxylic acids is 1. The number of methoxy groups -OCH3 is 1. The minimum Gasteiger partial charge on any atom is -0.493 e. The maximum absolute atomic E-state index is 12.3. The van der Waals surface area contributed by atoms with Crippen molar-refractivity contribution >= 4 is 5.91 Å². The van der Waals surface area contributed by atoms with Crippen LogP contribution in [0.5, 0.6) is 5.75 Å². The molecule has 5 heteroatoms. The highest BCUT2D eigenvalue weighted by molar-refractivity contribution is 5.82. The van der Waals surface area contributed by atoms with Crippen molar-refractivity contribution < 1.29 is 14.3 Å². The number of amides is 1. The highest BCUT2D eigenvalue weighted by Crippen LogP contribution is 2.31. The number of fused-ring (bicyclic) bond motifs is 1. The Hall–Kier alpha value is -1.59. The summed E-state index contributed by atoms with van der Waals surface area (Å²) in [4.78, 5) is 12.3. The van der Waals surface area contributed by atoms with Gasteiger partial charge in [-0.2, -0.15) is 0 Å². The summed E-state index contributed by atoms with van der Waals surface area (Å²) in [5.74, 6) is 0.921. The predicted molar refractivity (Wildman–Crippen MR) is 74.6 cm³/mol. The first-order chi connectivity index (χ1) is 9.78. The van der Waals surface area contributed by atoms with Crippen molar-refractivity contribution in [2.75, 3.05) is 20.3 Å². The molecule has 2 aliphatic heterocycles. The average Bonchev–Trinajstić information content (AvgIpc) is 2.97. The van der Waals surface area contributed by atoms with Gasteiger partial charge in [0, 0.05) is 25.6 Å². The van der Waals surface area contributed by atoms with Crippen molar-refractivity contribution in [1.82, 2.24) is 10.6 Å². The van der Waals surface area contributed by atoms with Crippen LogP contribution in [0.15, 0.2) is 24.3 Å². The van der Waals surface area contributed by atoms with Crippen LogP contribution in [0.3, 0.4) is 0 Å². The Morgan fingerprint density at radius 2 is 2.30 bits per heavy atom. The minimum absolute atomic E-state index is 0.0378. The van der Waals surface area contributed by atoms with Gasteiger partial charge >= 0.3 is 0 Å². The zero-order valence-electron chi connectivity index (χ0n) is 11.6. The molecule has 0 spiro atoms. The van der Waals surface area contributed by atoms with E-state index in [4.69, 9.17) is 9.47 Å². The summed E-state index contributed by atoms with van der Waals surface area (Å²) in [7, 11) is 1.68. The molecule has 2 N–H and O–H groups in total. The Bertz CT molecular complexity index is 492. The normalized spacial score (nSPS) is 28.6. The average molecular weight is 276 g/mol. The van der Waals surface area contributed by atoms with Crippen molar-refractivity contribution in [2.45, 2.75) is 31.0 Å². The van der Waals surface area contributed by atoms with Crippen LogP contribution < -0.4 is 15.4 Å². The number of rotatable bonds is 3. The lowest BCUT2D eigenvalue weighted by atomic mass is 10.00. The van der Waals surface area contributed by atoms with E-state index >= 15 is 0 Å². The van der Waals surface area contributed by atoms with Gasteiger partial charge in [-0.25, -0.2) is 0 Å². The maximum Gasteiger partial charge on any atom is 0.237 e. The molecular formula is C15H20N2O3. The van der Waals surface area contributed by atoms with E-state index in [1.54, 1.807) is 7.11 Å². The number of benzene rings is 1. The Morgan fingerprint density at radius 3 is 3.10 bits per heavy atom. The van der Waals surface area contributed by atoms with Crippen molar-refractivity contribution in [2.24, 2.45) is 0 Å². The topological polar surface area (TPSA) is 59.6 Å². The fourth-order valence-electron chi connectivity index (χ4n) is 2.85. The number of ether oxygens (including phenoxy) is 2. The Labute approximate surface area is 118 Å². The molecule has 2 aliphatic rings. The second-order valence-corrected chi connectivity index (χ2v) is 5.29. The van der Waals surface area contributed by atoms with Crippen molar-refractivity contribution in [3.63, 3.8) is 0 Å². The fraction of sp³-hybridized carbons (Fsp3) is 0.533. The lowest BCUT2D eigenvalue weighted by Gasteiger charge is -2.27. The molecular weight excluding hydrogens is 256 g/mol. The molecule has 0 aromatic heterocycles. The Kier molecular flexibility index (Phi) is 3.89. The molecule has 0 aliphatic carbocycles. The molecule has 1 fully saturated rings. The molecule has 3 rings (SSSR count). The summed E-state index contributed by atoms with van der Waals surface area (Å²) in [6.45, 7) is 1.37. The van der Waals surface area contributed by atoms with Gasteiger partial charge in [0.15, 0.2) is 0 Å². The monoisotopic (exact) mass is 276 g/mol. The third-order valence-corrected chi connectivity index (χ3v) is 4.02. The van der Waals surface area contributed by atoms with Crippen LogP contribution in [0, 0.1) is 0 Å². The molecule has 20 heavy (non-hydrogen) atoms. The zero-order valence-corrected chi connectivity index (χ0v) is 11.6. The third-order valence-electron chi connectivity index (χ3n) is 4.02. The second-order valence-electron chi connectivity index (χ2n) is 5.29. The van der Waals surface area contributed by atoms with E-state index in [2.05, 4.69) is 10.6 Å². The first kappa shape index (κ1) is 13.4. The molecule has 2 heterocycles. The van der Waals surface area contributed by atoms with Gasteiger partial charge in [-0.1, -0.05) is 18.2 Å². The van der Waals surface area contributed by atoms with Crippen LogP contribution in [-0.4, -0.2) is 38.3 Å². The molecule has 0 saturated carbocycles. The SMILES string of the molecule is COC1CNC(C(=O)NC2CCOc3ccccc32)C1. The molecule has 3 unspecified atom stereocenters. The predicted octanol–water partition coefficient (Wildman–Crippen LogP) is 1.00. The molecule has 1 aromatic carbocycles. The van der Waals surface area contributed by atoms with Crippen molar-refractivity contribution in [1.29, 1.82) is 0 Å². The summed E-state index contributed by atoms with van der Waals surface area (Å²) in [6, 6.07) is 7.76. The Morgan fingerprint density at radius 1 is 1.45 bits per heavy atom. The van der Waals surface area contributed by atoms with Crippen LogP contribution in [0.25, 0.3) is 0 Å². The number of carbonyl (C=O) groups is 1. The summed E-state index contributed by atoms with van der Waals surface area (Å²) >= 11 is 0. The van der Waals surface area contributed by atoms with E-state index in [0.29, 0.717) is 6.61 Å². The van der Waals surface area contributed by atoms with E-state index in [1.165, 1.54) is 0 Å². The maximum atomic E-state index is 12.3. The van der Waals surface area contributed by atoms with Gasteiger partial charge in [-0.3, -0.25) is 4.79 Å². The molecule has 5 nitrogen and oxygen atoms in total. The molecule has 0 bridgehead atoms. The summed E-state index contributed by atoms with van der Waals surface area (Å²) < 4.78 is 10.9. The van der Waals surface area contributed by atoms with E-state index < -0.39 is 0 Å². The van der Waals surface area contributed by atoms with E-state index in [9.17, 15) is 4.79 Å². The van der Waals surface area contributed by atoms with E-state index in [0.717, 1.165) is 30.7 Å². The largest absolute Gasteiger partial charge is 0.493 e.